The van der Waals surface area contributed by atoms with Gasteiger partial charge in [0.05, 0.1) is 13.1 Å². The standard InChI is InChI=1S/C17H24N2O3/c1-5-12-6-8-13(9-7-12)19-11-14(22-16(19)21)10-18-15(20)17(2,3)4/h6-9,14H,5,10-11H2,1-4H3,(H,18,20). The first kappa shape index (κ1) is 16.3. The quantitative estimate of drug-likeness (QED) is 0.930. The highest BCUT2D eigenvalue weighted by molar-refractivity contribution is 5.90. The summed E-state index contributed by atoms with van der Waals surface area (Å²) in [6.45, 7) is 8.44. The topological polar surface area (TPSA) is 58.6 Å². The first-order valence-corrected chi connectivity index (χ1v) is 7.66. The van der Waals surface area contributed by atoms with E-state index in [-0.39, 0.29) is 18.1 Å². The number of amides is 2. The summed E-state index contributed by atoms with van der Waals surface area (Å²) in [7, 11) is 0. The number of hydrogen-bond acceptors (Lipinski definition) is 3. The second kappa shape index (κ2) is 6.38. The Labute approximate surface area is 131 Å². The predicted molar refractivity (Wildman–Crippen MR) is 85.9 cm³/mol. The molecule has 1 atom stereocenters. The first-order chi connectivity index (χ1) is 10.3. The molecule has 1 unspecified atom stereocenters. The van der Waals surface area contributed by atoms with Crippen molar-refractivity contribution in [3.8, 4) is 0 Å². The minimum Gasteiger partial charge on any atom is -0.442 e. The van der Waals surface area contributed by atoms with Gasteiger partial charge in [0.2, 0.25) is 5.91 Å². The number of aryl methyl sites for hydroxylation is 1. The van der Waals surface area contributed by atoms with Crippen LogP contribution in [0.3, 0.4) is 0 Å². The fourth-order valence-electron chi connectivity index (χ4n) is 2.22. The van der Waals surface area contributed by atoms with Crippen LogP contribution >= 0.6 is 0 Å². The van der Waals surface area contributed by atoms with Crippen LogP contribution in [0.2, 0.25) is 0 Å². The lowest BCUT2D eigenvalue weighted by atomic mass is 9.96. The summed E-state index contributed by atoms with van der Waals surface area (Å²) in [6.07, 6.45) is 0.288. The van der Waals surface area contributed by atoms with E-state index in [9.17, 15) is 9.59 Å². The van der Waals surface area contributed by atoms with E-state index in [1.54, 1.807) is 4.90 Å². The van der Waals surface area contributed by atoms with Crippen LogP contribution in [-0.2, 0) is 16.0 Å². The maximum atomic E-state index is 12.0. The summed E-state index contributed by atoms with van der Waals surface area (Å²) in [4.78, 5) is 25.4. The second-order valence-corrected chi connectivity index (χ2v) is 6.60. The predicted octanol–water partition coefficient (Wildman–Crippen LogP) is 2.74. The smallest absolute Gasteiger partial charge is 0.414 e. The zero-order chi connectivity index (χ0) is 16.3. The van der Waals surface area contributed by atoms with Gasteiger partial charge in [0.25, 0.3) is 0 Å². The number of cyclic esters (lactones) is 1. The molecule has 120 valence electrons. The van der Waals surface area contributed by atoms with Crippen LogP contribution < -0.4 is 10.2 Å². The van der Waals surface area contributed by atoms with Crippen molar-refractivity contribution in [3.63, 3.8) is 0 Å². The van der Waals surface area contributed by atoms with Crippen LogP contribution in [0.4, 0.5) is 10.5 Å². The summed E-state index contributed by atoms with van der Waals surface area (Å²) >= 11 is 0. The van der Waals surface area contributed by atoms with Crippen LogP contribution in [0.15, 0.2) is 24.3 Å². The van der Waals surface area contributed by atoms with E-state index in [1.807, 2.05) is 45.0 Å². The van der Waals surface area contributed by atoms with Gasteiger partial charge >= 0.3 is 6.09 Å². The number of anilines is 1. The molecule has 1 N–H and O–H groups in total. The summed E-state index contributed by atoms with van der Waals surface area (Å²) in [5.41, 5.74) is 1.61. The maximum absolute atomic E-state index is 12.0. The number of nitrogens with zero attached hydrogens (tertiary/aromatic N) is 1. The summed E-state index contributed by atoms with van der Waals surface area (Å²) in [6, 6.07) is 7.88. The lowest BCUT2D eigenvalue weighted by Gasteiger charge is -2.19. The van der Waals surface area contributed by atoms with E-state index < -0.39 is 5.41 Å². The Morgan fingerprint density at radius 2 is 1.95 bits per heavy atom. The van der Waals surface area contributed by atoms with Gasteiger partial charge in [-0.15, -0.1) is 0 Å². The van der Waals surface area contributed by atoms with Gasteiger partial charge in [-0.05, 0) is 24.1 Å². The van der Waals surface area contributed by atoms with Crippen LogP contribution in [0.5, 0.6) is 0 Å². The third-order valence-electron chi connectivity index (χ3n) is 3.70. The number of hydrogen-bond donors (Lipinski definition) is 1. The first-order valence-electron chi connectivity index (χ1n) is 7.66. The molecule has 1 aliphatic heterocycles. The van der Waals surface area contributed by atoms with Crippen LogP contribution in [0.1, 0.15) is 33.3 Å². The molecule has 1 aromatic carbocycles. The van der Waals surface area contributed by atoms with Crippen molar-refractivity contribution >= 4 is 17.7 Å². The van der Waals surface area contributed by atoms with Crippen molar-refractivity contribution in [2.45, 2.75) is 40.2 Å². The molecule has 0 aliphatic carbocycles. The lowest BCUT2D eigenvalue weighted by Crippen LogP contribution is -2.40. The minimum absolute atomic E-state index is 0.0469. The molecule has 1 fully saturated rings. The van der Waals surface area contributed by atoms with E-state index in [1.165, 1.54) is 5.56 Å². The minimum atomic E-state index is -0.446. The molecule has 2 rings (SSSR count). The largest absolute Gasteiger partial charge is 0.442 e. The van der Waals surface area contributed by atoms with E-state index in [2.05, 4.69) is 12.2 Å². The second-order valence-electron chi connectivity index (χ2n) is 6.60. The average molecular weight is 304 g/mol. The Morgan fingerprint density at radius 3 is 2.50 bits per heavy atom. The molecule has 0 radical (unpaired) electrons. The molecule has 5 heteroatoms. The number of nitrogens with one attached hydrogen (secondary N) is 1. The number of benzene rings is 1. The molecule has 0 saturated carbocycles. The molecule has 1 aliphatic rings. The van der Waals surface area contributed by atoms with Gasteiger partial charge in [-0.25, -0.2) is 4.79 Å². The summed E-state index contributed by atoms with van der Waals surface area (Å²) in [5.74, 6) is -0.0469. The van der Waals surface area contributed by atoms with Gasteiger partial charge in [-0.3, -0.25) is 9.69 Å². The highest BCUT2D eigenvalue weighted by Gasteiger charge is 2.33. The van der Waals surface area contributed by atoms with E-state index in [0.29, 0.717) is 13.1 Å². The lowest BCUT2D eigenvalue weighted by molar-refractivity contribution is -0.128. The molecule has 1 aromatic rings. The molecule has 2 amide bonds. The third-order valence-corrected chi connectivity index (χ3v) is 3.70. The monoisotopic (exact) mass is 304 g/mol. The highest BCUT2D eigenvalue weighted by atomic mass is 16.6. The van der Waals surface area contributed by atoms with Crippen molar-refractivity contribution in [2.75, 3.05) is 18.0 Å². The van der Waals surface area contributed by atoms with Crippen LogP contribution in [0, 0.1) is 5.41 Å². The van der Waals surface area contributed by atoms with Crippen molar-refractivity contribution in [1.29, 1.82) is 0 Å². The summed E-state index contributed by atoms with van der Waals surface area (Å²) in [5, 5.41) is 2.83. The molecule has 5 nitrogen and oxygen atoms in total. The molecule has 0 bridgehead atoms. The zero-order valence-corrected chi connectivity index (χ0v) is 13.7. The van der Waals surface area contributed by atoms with Gasteiger partial charge in [0, 0.05) is 11.1 Å². The van der Waals surface area contributed by atoms with Crippen LogP contribution in [-0.4, -0.2) is 31.2 Å². The Bertz CT molecular complexity index is 546. The Morgan fingerprint density at radius 1 is 1.32 bits per heavy atom. The molecule has 1 saturated heterocycles. The normalized spacial score (nSPS) is 18.3. The molecule has 1 heterocycles. The fourth-order valence-corrected chi connectivity index (χ4v) is 2.22. The highest BCUT2D eigenvalue weighted by Crippen LogP contribution is 2.22. The zero-order valence-electron chi connectivity index (χ0n) is 13.7. The molecule has 0 spiro atoms. The van der Waals surface area contributed by atoms with Crippen molar-refractivity contribution < 1.29 is 14.3 Å². The van der Waals surface area contributed by atoms with Crippen molar-refractivity contribution in [1.82, 2.24) is 5.32 Å². The molecule has 0 aromatic heterocycles. The number of rotatable bonds is 4. The molecular formula is C17H24N2O3. The van der Waals surface area contributed by atoms with Gasteiger partial charge in [-0.1, -0.05) is 39.8 Å². The van der Waals surface area contributed by atoms with Crippen molar-refractivity contribution in [2.24, 2.45) is 5.41 Å². The van der Waals surface area contributed by atoms with Gasteiger partial charge < -0.3 is 10.1 Å². The Balaban J connectivity index is 1.94. The van der Waals surface area contributed by atoms with Crippen LogP contribution in [0.25, 0.3) is 0 Å². The molecular weight excluding hydrogens is 280 g/mol. The number of ether oxygens (including phenoxy) is 1. The average Bonchev–Trinajstić information content (AvgIpc) is 2.85. The maximum Gasteiger partial charge on any atom is 0.414 e. The fraction of sp³-hybridized carbons (Fsp3) is 0.529. The number of carbonyl (C=O) groups excluding carboxylic acids is 2. The van der Waals surface area contributed by atoms with Crippen molar-refractivity contribution in [3.05, 3.63) is 29.8 Å². The third kappa shape index (κ3) is 3.78. The SMILES string of the molecule is CCc1ccc(N2CC(CNC(=O)C(C)(C)C)OC2=O)cc1. The van der Waals surface area contributed by atoms with E-state index >= 15 is 0 Å². The molecule has 22 heavy (non-hydrogen) atoms. The number of carbonyl (C=O) groups is 2. The Kier molecular flexibility index (Phi) is 4.74. The van der Waals surface area contributed by atoms with E-state index in [4.69, 9.17) is 4.74 Å². The Hall–Kier alpha value is -2.04. The van der Waals surface area contributed by atoms with Gasteiger partial charge in [-0.2, -0.15) is 0 Å². The van der Waals surface area contributed by atoms with E-state index in [0.717, 1.165) is 12.1 Å². The van der Waals surface area contributed by atoms with Gasteiger partial charge in [0.15, 0.2) is 0 Å². The summed E-state index contributed by atoms with van der Waals surface area (Å²) < 4.78 is 5.32. The van der Waals surface area contributed by atoms with Gasteiger partial charge in [0.1, 0.15) is 6.10 Å².